The van der Waals surface area contributed by atoms with Gasteiger partial charge in [-0.1, -0.05) is 72.3 Å². The first kappa shape index (κ1) is 14.9. The molecule has 0 N–H and O–H groups in total. The van der Waals surface area contributed by atoms with Gasteiger partial charge in [0.25, 0.3) is 0 Å². The monoisotopic (exact) mass is 328 g/mol. The van der Waals surface area contributed by atoms with Crippen LogP contribution in [0.3, 0.4) is 0 Å². The number of thiophene rings is 1. The first-order valence-electron chi connectivity index (χ1n) is 7.91. The standard InChI is InChI=1S/C22H16OS/c1-15-7-9-17(10-8-15)22(23)19-12-11-18-13-20(24-21(18)14-19)16-5-3-2-4-6-16/h2-14H,1H3. The molecular weight excluding hydrogens is 312 g/mol. The molecule has 3 aromatic carbocycles. The van der Waals surface area contributed by atoms with Crippen LogP contribution >= 0.6 is 11.3 Å². The van der Waals surface area contributed by atoms with Crippen molar-refractivity contribution in [2.45, 2.75) is 6.92 Å². The Balaban J connectivity index is 1.73. The van der Waals surface area contributed by atoms with Crippen molar-refractivity contribution >= 4 is 27.2 Å². The van der Waals surface area contributed by atoms with Crippen molar-refractivity contribution < 1.29 is 4.79 Å². The number of rotatable bonds is 3. The Morgan fingerprint density at radius 3 is 2.25 bits per heavy atom. The Morgan fingerprint density at radius 1 is 0.792 bits per heavy atom. The molecular formula is C22H16OS. The minimum Gasteiger partial charge on any atom is -0.289 e. The molecule has 116 valence electrons. The number of hydrogen-bond donors (Lipinski definition) is 0. The van der Waals surface area contributed by atoms with Crippen LogP contribution in [0.1, 0.15) is 21.5 Å². The van der Waals surface area contributed by atoms with E-state index in [0.717, 1.165) is 21.4 Å². The Bertz CT molecular complexity index is 1010. The van der Waals surface area contributed by atoms with E-state index in [0.29, 0.717) is 0 Å². The normalized spacial score (nSPS) is 10.9. The number of aryl methyl sites for hydroxylation is 1. The van der Waals surface area contributed by atoms with Crippen LogP contribution in [0.5, 0.6) is 0 Å². The predicted octanol–water partition coefficient (Wildman–Crippen LogP) is 6.11. The smallest absolute Gasteiger partial charge is 0.193 e. The number of fused-ring (bicyclic) bond motifs is 1. The molecule has 0 aliphatic carbocycles. The van der Waals surface area contributed by atoms with Crippen molar-refractivity contribution in [1.82, 2.24) is 0 Å². The van der Waals surface area contributed by atoms with Gasteiger partial charge in [0.1, 0.15) is 0 Å². The van der Waals surface area contributed by atoms with E-state index in [1.807, 2.05) is 67.6 Å². The summed E-state index contributed by atoms with van der Waals surface area (Å²) in [6.45, 7) is 2.02. The third-order valence-corrected chi connectivity index (χ3v) is 5.30. The van der Waals surface area contributed by atoms with Gasteiger partial charge in [0, 0.05) is 20.7 Å². The molecule has 4 rings (SSSR count). The van der Waals surface area contributed by atoms with Gasteiger partial charge in [0.15, 0.2) is 5.78 Å². The summed E-state index contributed by atoms with van der Waals surface area (Å²) in [5, 5.41) is 1.18. The first-order chi connectivity index (χ1) is 11.7. The van der Waals surface area contributed by atoms with E-state index in [-0.39, 0.29) is 5.78 Å². The van der Waals surface area contributed by atoms with Crippen molar-refractivity contribution in [2.24, 2.45) is 0 Å². The van der Waals surface area contributed by atoms with Crippen molar-refractivity contribution in [3.8, 4) is 10.4 Å². The molecule has 0 saturated carbocycles. The van der Waals surface area contributed by atoms with Crippen LogP contribution in [0.4, 0.5) is 0 Å². The van der Waals surface area contributed by atoms with E-state index >= 15 is 0 Å². The van der Waals surface area contributed by atoms with Crippen LogP contribution in [0.2, 0.25) is 0 Å². The lowest BCUT2D eigenvalue weighted by Gasteiger charge is -2.02. The molecule has 0 spiro atoms. The molecule has 0 aliphatic rings. The molecule has 2 heteroatoms. The maximum atomic E-state index is 12.7. The highest BCUT2D eigenvalue weighted by atomic mass is 32.1. The second-order valence-electron chi connectivity index (χ2n) is 5.92. The van der Waals surface area contributed by atoms with Crippen molar-refractivity contribution in [2.75, 3.05) is 0 Å². The molecule has 1 heterocycles. The van der Waals surface area contributed by atoms with Crippen LogP contribution in [0.15, 0.2) is 78.9 Å². The van der Waals surface area contributed by atoms with Crippen LogP contribution in [-0.4, -0.2) is 5.78 Å². The van der Waals surface area contributed by atoms with E-state index in [2.05, 4.69) is 18.2 Å². The lowest BCUT2D eigenvalue weighted by atomic mass is 10.0. The summed E-state index contributed by atoms with van der Waals surface area (Å²) in [7, 11) is 0. The average Bonchev–Trinajstić information content (AvgIpc) is 3.06. The van der Waals surface area contributed by atoms with Gasteiger partial charge < -0.3 is 0 Å². The molecule has 0 unspecified atom stereocenters. The second-order valence-corrected chi connectivity index (χ2v) is 7.01. The predicted molar refractivity (Wildman–Crippen MR) is 102 cm³/mol. The fourth-order valence-corrected chi connectivity index (χ4v) is 3.90. The molecule has 4 aromatic rings. The summed E-state index contributed by atoms with van der Waals surface area (Å²) in [5.74, 6) is 0.0755. The number of hydrogen-bond acceptors (Lipinski definition) is 2. The van der Waals surface area contributed by atoms with Gasteiger partial charge >= 0.3 is 0 Å². The third kappa shape index (κ3) is 2.77. The number of carbonyl (C=O) groups is 1. The molecule has 24 heavy (non-hydrogen) atoms. The van der Waals surface area contributed by atoms with Gasteiger partial charge in [-0.3, -0.25) is 4.79 Å². The zero-order chi connectivity index (χ0) is 16.5. The van der Waals surface area contributed by atoms with Gasteiger partial charge in [-0.2, -0.15) is 0 Å². The molecule has 0 aliphatic heterocycles. The van der Waals surface area contributed by atoms with E-state index in [9.17, 15) is 4.79 Å². The van der Waals surface area contributed by atoms with E-state index in [1.54, 1.807) is 11.3 Å². The Hall–Kier alpha value is -2.71. The van der Waals surface area contributed by atoms with Crippen molar-refractivity contribution in [3.63, 3.8) is 0 Å². The van der Waals surface area contributed by atoms with Crippen molar-refractivity contribution in [1.29, 1.82) is 0 Å². The van der Waals surface area contributed by atoms with Crippen LogP contribution in [0.25, 0.3) is 20.5 Å². The fourth-order valence-electron chi connectivity index (χ4n) is 2.79. The molecule has 1 nitrogen and oxygen atoms in total. The Kier molecular flexibility index (Phi) is 3.75. The van der Waals surface area contributed by atoms with Gasteiger partial charge in [-0.05, 0) is 30.0 Å². The Labute approximate surface area is 145 Å². The highest BCUT2D eigenvalue weighted by molar-refractivity contribution is 7.22. The van der Waals surface area contributed by atoms with E-state index < -0.39 is 0 Å². The van der Waals surface area contributed by atoms with Gasteiger partial charge in [0.05, 0.1) is 0 Å². The topological polar surface area (TPSA) is 17.1 Å². The quantitative estimate of drug-likeness (QED) is 0.415. The molecule has 0 atom stereocenters. The van der Waals surface area contributed by atoms with Gasteiger partial charge in [0.2, 0.25) is 0 Å². The highest BCUT2D eigenvalue weighted by Gasteiger charge is 2.11. The zero-order valence-electron chi connectivity index (χ0n) is 13.3. The number of carbonyl (C=O) groups excluding carboxylic acids is 1. The van der Waals surface area contributed by atoms with Crippen LogP contribution in [0, 0.1) is 6.92 Å². The van der Waals surface area contributed by atoms with Gasteiger partial charge in [-0.15, -0.1) is 11.3 Å². The first-order valence-corrected chi connectivity index (χ1v) is 8.73. The molecule has 0 saturated heterocycles. The summed E-state index contributed by atoms with van der Waals surface area (Å²) in [5.41, 5.74) is 3.85. The minimum absolute atomic E-state index is 0.0755. The molecule has 0 fully saturated rings. The Morgan fingerprint density at radius 2 is 1.50 bits per heavy atom. The fraction of sp³-hybridized carbons (Fsp3) is 0.0455. The highest BCUT2D eigenvalue weighted by Crippen LogP contribution is 2.34. The minimum atomic E-state index is 0.0755. The molecule has 0 amide bonds. The van der Waals surface area contributed by atoms with Crippen LogP contribution < -0.4 is 0 Å². The summed E-state index contributed by atoms with van der Waals surface area (Å²) in [4.78, 5) is 13.9. The molecule has 0 radical (unpaired) electrons. The lowest BCUT2D eigenvalue weighted by Crippen LogP contribution is -2.00. The summed E-state index contributed by atoms with van der Waals surface area (Å²) >= 11 is 1.73. The van der Waals surface area contributed by atoms with Gasteiger partial charge in [-0.25, -0.2) is 0 Å². The van der Waals surface area contributed by atoms with Crippen molar-refractivity contribution in [3.05, 3.63) is 95.6 Å². The SMILES string of the molecule is Cc1ccc(C(=O)c2ccc3cc(-c4ccccc4)sc3c2)cc1. The second kappa shape index (κ2) is 6.06. The van der Waals surface area contributed by atoms with E-state index in [4.69, 9.17) is 0 Å². The maximum absolute atomic E-state index is 12.7. The molecule has 1 aromatic heterocycles. The zero-order valence-corrected chi connectivity index (χ0v) is 14.1. The van der Waals surface area contributed by atoms with Crippen LogP contribution in [-0.2, 0) is 0 Å². The number of benzene rings is 3. The summed E-state index contributed by atoms with van der Waals surface area (Å²) in [6, 6.07) is 26.3. The number of ketones is 1. The summed E-state index contributed by atoms with van der Waals surface area (Å²) in [6.07, 6.45) is 0. The maximum Gasteiger partial charge on any atom is 0.193 e. The lowest BCUT2D eigenvalue weighted by molar-refractivity contribution is 0.103. The third-order valence-electron chi connectivity index (χ3n) is 4.15. The summed E-state index contributed by atoms with van der Waals surface area (Å²) < 4.78 is 1.15. The molecule has 0 bridgehead atoms. The largest absolute Gasteiger partial charge is 0.289 e. The van der Waals surface area contributed by atoms with E-state index in [1.165, 1.54) is 15.8 Å². The average molecular weight is 328 g/mol.